The van der Waals surface area contributed by atoms with E-state index in [1.165, 1.54) is 23.5 Å². The molecule has 2 heterocycles. The van der Waals surface area contributed by atoms with Gasteiger partial charge in [0, 0.05) is 17.5 Å². The van der Waals surface area contributed by atoms with Crippen LogP contribution in [0.1, 0.15) is 45.7 Å². The Bertz CT molecular complexity index is 789. The molecule has 1 saturated heterocycles. The predicted molar refractivity (Wildman–Crippen MR) is 110 cm³/mol. The maximum atomic E-state index is 13.1. The van der Waals surface area contributed by atoms with Crippen molar-refractivity contribution < 1.29 is 13.9 Å². The fourth-order valence-electron chi connectivity index (χ4n) is 3.41. The van der Waals surface area contributed by atoms with Gasteiger partial charge in [-0.15, -0.1) is 11.3 Å². The average molecular weight is 406 g/mol. The Labute approximate surface area is 169 Å². The summed E-state index contributed by atoms with van der Waals surface area (Å²) in [5.41, 5.74) is 0.947. The van der Waals surface area contributed by atoms with Crippen LogP contribution in [0.5, 0.6) is 0 Å². The quantitative estimate of drug-likeness (QED) is 0.751. The van der Waals surface area contributed by atoms with Crippen molar-refractivity contribution in [2.45, 2.75) is 51.7 Å². The van der Waals surface area contributed by atoms with Gasteiger partial charge in [-0.1, -0.05) is 6.92 Å². The van der Waals surface area contributed by atoms with Crippen LogP contribution < -0.4 is 5.32 Å². The zero-order valence-electron chi connectivity index (χ0n) is 16.7. The van der Waals surface area contributed by atoms with E-state index < -0.39 is 11.6 Å². The summed E-state index contributed by atoms with van der Waals surface area (Å²) in [6.45, 7) is 8.88. The van der Waals surface area contributed by atoms with Crippen LogP contribution in [0.2, 0.25) is 0 Å². The van der Waals surface area contributed by atoms with Crippen molar-refractivity contribution >= 4 is 17.4 Å². The number of rotatable bonds is 6. The van der Waals surface area contributed by atoms with Crippen molar-refractivity contribution in [3.05, 3.63) is 41.2 Å². The maximum absolute atomic E-state index is 13.1. The number of thiazole rings is 1. The maximum Gasteiger partial charge on any atom is 0.408 e. The van der Waals surface area contributed by atoms with Crippen molar-refractivity contribution in [3.63, 3.8) is 0 Å². The van der Waals surface area contributed by atoms with E-state index >= 15 is 0 Å². The summed E-state index contributed by atoms with van der Waals surface area (Å²) in [6.07, 6.45) is 2.58. The lowest BCUT2D eigenvalue weighted by Crippen LogP contribution is -2.46. The number of carbonyl (C=O) groups excluding carboxylic acids is 1. The number of nitrogens with zero attached hydrogens (tertiary/aromatic N) is 2. The molecule has 0 radical (unpaired) electrons. The van der Waals surface area contributed by atoms with Crippen molar-refractivity contribution in [3.8, 4) is 10.6 Å². The first-order chi connectivity index (χ1) is 13.4. The second-order valence-corrected chi connectivity index (χ2v) is 8.62. The first kappa shape index (κ1) is 20.7. The molecule has 1 aliphatic heterocycles. The Morgan fingerprint density at radius 2 is 2.14 bits per heavy atom. The third-order valence-corrected chi connectivity index (χ3v) is 5.82. The number of alkyl carbamates (subject to hydrolysis) is 1. The zero-order valence-corrected chi connectivity index (χ0v) is 17.5. The lowest BCUT2D eigenvalue weighted by Gasteiger charge is -2.33. The predicted octanol–water partition coefficient (Wildman–Crippen LogP) is 4.78. The molecular formula is C21H28FN3O2S. The molecule has 3 rings (SSSR count). The highest BCUT2D eigenvalue weighted by Crippen LogP contribution is 2.29. The minimum Gasteiger partial charge on any atom is -0.445 e. The summed E-state index contributed by atoms with van der Waals surface area (Å²) >= 11 is 1.47. The van der Waals surface area contributed by atoms with Gasteiger partial charge in [0.15, 0.2) is 0 Å². The van der Waals surface area contributed by atoms with Crippen molar-refractivity contribution in [1.82, 2.24) is 15.2 Å². The van der Waals surface area contributed by atoms with Crippen LogP contribution in [0.25, 0.3) is 10.6 Å². The summed E-state index contributed by atoms with van der Waals surface area (Å²) in [7, 11) is 0. The fourth-order valence-corrected chi connectivity index (χ4v) is 4.41. The molecule has 0 bridgehead atoms. The molecule has 0 aliphatic carbocycles. The van der Waals surface area contributed by atoms with E-state index in [0.717, 1.165) is 55.2 Å². The van der Waals surface area contributed by atoms with E-state index in [0.29, 0.717) is 0 Å². The van der Waals surface area contributed by atoms with Crippen LogP contribution in [0.3, 0.4) is 0 Å². The van der Waals surface area contributed by atoms with Gasteiger partial charge in [0.1, 0.15) is 16.9 Å². The molecule has 2 aromatic rings. The number of hydrogen-bond acceptors (Lipinski definition) is 5. The lowest BCUT2D eigenvalue weighted by atomic mass is 10.0. The Morgan fingerprint density at radius 1 is 1.39 bits per heavy atom. The molecule has 1 aromatic heterocycles. The van der Waals surface area contributed by atoms with Crippen LogP contribution in [0.4, 0.5) is 9.18 Å². The number of carbonyl (C=O) groups is 1. The Balaban J connectivity index is 1.60. The van der Waals surface area contributed by atoms with Crippen LogP contribution in [0.15, 0.2) is 29.6 Å². The second kappa shape index (κ2) is 9.01. The van der Waals surface area contributed by atoms with Gasteiger partial charge in [0.2, 0.25) is 0 Å². The number of halogens is 1. The van der Waals surface area contributed by atoms with E-state index in [1.807, 2.05) is 19.2 Å². The molecule has 0 unspecified atom stereocenters. The number of likely N-dealkylation sites (tertiary alicyclic amines) is 1. The normalized spacial score (nSPS) is 18.1. The Morgan fingerprint density at radius 3 is 2.86 bits per heavy atom. The third kappa shape index (κ3) is 5.29. The van der Waals surface area contributed by atoms with Crippen molar-refractivity contribution in [2.24, 2.45) is 0 Å². The molecule has 152 valence electrons. The molecule has 1 aliphatic rings. The van der Waals surface area contributed by atoms with Crippen LogP contribution in [-0.2, 0) is 10.3 Å². The molecule has 1 amide bonds. The lowest BCUT2D eigenvalue weighted by molar-refractivity contribution is 0.0383. The fraction of sp³-hybridized carbons (Fsp3) is 0.524. The van der Waals surface area contributed by atoms with Crippen molar-refractivity contribution in [1.29, 1.82) is 0 Å². The van der Waals surface area contributed by atoms with E-state index in [9.17, 15) is 9.18 Å². The van der Waals surface area contributed by atoms with Gasteiger partial charge >= 0.3 is 6.09 Å². The van der Waals surface area contributed by atoms with Gasteiger partial charge in [-0.05, 0) is 70.5 Å². The number of benzene rings is 1. The van der Waals surface area contributed by atoms with Gasteiger partial charge in [-0.3, -0.25) is 4.90 Å². The molecule has 1 fully saturated rings. The van der Waals surface area contributed by atoms with Crippen LogP contribution in [0, 0.1) is 5.82 Å². The first-order valence-corrected chi connectivity index (χ1v) is 10.7. The Kier molecular flexibility index (Phi) is 6.67. The van der Waals surface area contributed by atoms with Crippen LogP contribution >= 0.6 is 11.3 Å². The highest BCUT2D eigenvalue weighted by Gasteiger charge is 2.29. The number of nitrogens with one attached hydrogen (secondary N) is 1. The van der Waals surface area contributed by atoms with Gasteiger partial charge in [0.25, 0.3) is 0 Å². The van der Waals surface area contributed by atoms with Gasteiger partial charge in [-0.25, -0.2) is 14.2 Å². The number of ether oxygens (including phenoxy) is 1. The molecule has 7 heteroatoms. The summed E-state index contributed by atoms with van der Waals surface area (Å²) in [6, 6.07) is 6.25. The minimum absolute atomic E-state index is 0.0682. The molecular weight excluding hydrogens is 377 g/mol. The third-order valence-electron chi connectivity index (χ3n) is 4.93. The van der Waals surface area contributed by atoms with E-state index in [1.54, 1.807) is 12.1 Å². The summed E-state index contributed by atoms with van der Waals surface area (Å²) < 4.78 is 18.8. The van der Waals surface area contributed by atoms with Gasteiger partial charge in [0.05, 0.1) is 11.2 Å². The van der Waals surface area contributed by atoms with E-state index in [2.05, 4.69) is 22.1 Å². The molecule has 5 nitrogen and oxygen atoms in total. The van der Waals surface area contributed by atoms with Gasteiger partial charge in [-0.2, -0.15) is 0 Å². The first-order valence-electron chi connectivity index (χ1n) is 9.80. The van der Waals surface area contributed by atoms with E-state index in [4.69, 9.17) is 4.74 Å². The molecule has 28 heavy (non-hydrogen) atoms. The Hall–Kier alpha value is -1.99. The summed E-state index contributed by atoms with van der Waals surface area (Å²) in [5, 5.41) is 5.66. The highest BCUT2D eigenvalue weighted by molar-refractivity contribution is 7.13. The molecule has 0 spiro atoms. The SMILES string of the molecule is CCCN1CCC[C@H](OC(=O)NC(C)(C)c2csc(-c3ccc(F)cc3)n2)C1. The molecule has 1 aromatic carbocycles. The highest BCUT2D eigenvalue weighted by atomic mass is 32.1. The number of hydrogen-bond donors (Lipinski definition) is 1. The summed E-state index contributed by atoms with van der Waals surface area (Å²) in [4.78, 5) is 19.4. The number of amides is 1. The van der Waals surface area contributed by atoms with Crippen LogP contribution in [-0.4, -0.2) is 41.7 Å². The number of aromatic nitrogens is 1. The monoisotopic (exact) mass is 405 g/mol. The topological polar surface area (TPSA) is 54.5 Å². The molecule has 1 N–H and O–H groups in total. The zero-order chi connectivity index (χ0) is 20.1. The van der Waals surface area contributed by atoms with Gasteiger partial charge < -0.3 is 10.1 Å². The van der Waals surface area contributed by atoms with Crippen molar-refractivity contribution in [2.75, 3.05) is 19.6 Å². The molecule has 1 atom stereocenters. The summed E-state index contributed by atoms with van der Waals surface area (Å²) in [5.74, 6) is -0.273. The largest absolute Gasteiger partial charge is 0.445 e. The average Bonchev–Trinajstić information content (AvgIpc) is 3.13. The van der Waals surface area contributed by atoms with E-state index in [-0.39, 0.29) is 11.9 Å². The second-order valence-electron chi connectivity index (χ2n) is 7.76. The smallest absolute Gasteiger partial charge is 0.408 e. The number of piperidine rings is 1. The molecule has 0 saturated carbocycles. The standard InChI is InChI=1S/C21H28FN3O2S/c1-4-11-25-12-5-6-17(13-25)27-20(26)24-21(2,3)18-14-28-19(23-18)15-7-9-16(22)10-8-15/h7-10,14,17H,4-6,11-13H2,1-3H3,(H,24,26)/t17-/m0/s1. The minimum atomic E-state index is -0.663.